The standard InChI is InChI=1S/C11H12BrCl2NO4S/c1-6(2)15-10(16)5-19-11-8(13)3-7(12)4-9(11)20(14,17)18/h3-4,6H,5H2,1-2H3,(H,15,16). The van der Waals surface area contributed by atoms with Crippen molar-refractivity contribution in [2.75, 3.05) is 6.61 Å². The molecule has 5 nitrogen and oxygen atoms in total. The second-order valence-corrected chi connectivity index (χ2v) is 8.02. The van der Waals surface area contributed by atoms with Gasteiger partial charge in [-0.3, -0.25) is 4.79 Å². The predicted molar refractivity (Wildman–Crippen MR) is 81.0 cm³/mol. The first-order valence-electron chi connectivity index (χ1n) is 5.47. The number of halogens is 3. The van der Waals surface area contributed by atoms with Crippen molar-refractivity contribution in [2.45, 2.75) is 24.8 Å². The molecule has 0 heterocycles. The van der Waals surface area contributed by atoms with Crippen molar-refractivity contribution >= 4 is 53.2 Å². The lowest BCUT2D eigenvalue weighted by Crippen LogP contribution is -2.34. The first-order valence-corrected chi connectivity index (χ1v) is 8.95. The van der Waals surface area contributed by atoms with Crippen molar-refractivity contribution in [1.82, 2.24) is 5.32 Å². The molecule has 0 radical (unpaired) electrons. The Morgan fingerprint density at radius 1 is 1.45 bits per heavy atom. The summed E-state index contributed by atoms with van der Waals surface area (Å²) in [4.78, 5) is 11.2. The number of benzene rings is 1. The maximum Gasteiger partial charge on any atom is 0.265 e. The second kappa shape index (κ2) is 6.98. The monoisotopic (exact) mass is 403 g/mol. The largest absolute Gasteiger partial charge is 0.481 e. The van der Waals surface area contributed by atoms with E-state index in [1.165, 1.54) is 12.1 Å². The third kappa shape index (κ3) is 5.12. The Hall–Kier alpha value is -0.500. The SMILES string of the molecule is CC(C)NC(=O)COc1c(Cl)cc(Br)cc1S(=O)(=O)Cl. The van der Waals surface area contributed by atoms with Crippen molar-refractivity contribution < 1.29 is 17.9 Å². The molecule has 0 bridgehead atoms. The molecule has 0 spiro atoms. The van der Waals surface area contributed by atoms with Crippen LogP contribution >= 0.6 is 38.2 Å². The van der Waals surface area contributed by atoms with E-state index in [4.69, 9.17) is 27.0 Å². The van der Waals surface area contributed by atoms with Gasteiger partial charge in [-0.05, 0) is 26.0 Å². The van der Waals surface area contributed by atoms with Crippen LogP contribution in [-0.4, -0.2) is 27.0 Å². The summed E-state index contributed by atoms with van der Waals surface area (Å²) < 4.78 is 28.6. The van der Waals surface area contributed by atoms with E-state index in [0.29, 0.717) is 4.47 Å². The zero-order valence-corrected chi connectivity index (χ0v) is 14.5. The Kier molecular flexibility index (Phi) is 6.12. The molecule has 0 saturated heterocycles. The first-order chi connectivity index (χ1) is 9.11. The van der Waals surface area contributed by atoms with E-state index in [1.54, 1.807) is 13.8 Å². The Morgan fingerprint density at radius 2 is 2.05 bits per heavy atom. The van der Waals surface area contributed by atoms with Gasteiger partial charge < -0.3 is 10.1 Å². The Labute approximate surface area is 135 Å². The molecule has 0 saturated carbocycles. The topological polar surface area (TPSA) is 72.5 Å². The number of ether oxygens (including phenoxy) is 1. The van der Waals surface area contributed by atoms with E-state index >= 15 is 0 Å². The molecule has 112 valence electrons. The van der Waals surface area contributed by atoms with Gasteiger partial charge in [0.2, 0.25) is 0 Å². The summed E-state index contributed by atoms with van der Waals surface area (Å²) in [6.07, 6.45) is 0. The number of amides is 1. The van der Waals surface area contributed by atoms with Gasteiger partial charge in [-0.15, -0.1) is 0 Å². The summed E-state index contributed by atoms with van der Waals surface area (Å²) in [6.45, 7) is 3.22. The average Bonchev–Trinajstić information content (AvgIpc) is 2.24. The van der Waals surface area contributed by atoms with Gasteiger partial charge in [-0.1, -0.05) is 27.5 Å². The lowest BCUT2D eigenvalue weighted by molar-refractivity contribution is -0.123. The van der Waals surface area contributed by atoms with Crippen LogP contribution in [0, 0.1) is 0 Å². The summed E-state index contributed by atoms with van der Waals surface area (Å²) in [5.41, 5.74) is 0. The van der Waals surface area contributed by atoms with Crippen molar-refractivity contribution in [3.63, 3.8) is 0 Å². The third-order valence-corrected chi connectivity index (χ3v) is 4.10. The van der Waals surface area contributed by atoms with Crippen LogP contribution in [0.2, 0.25) is 5.02 Å². The maximum absolute atomic E-state index is 11.5. The number of nitrogens with one attached hydrogen (secondary N) is 1. The summed E-state index contributed by atoms with van der Waals surface area (Å²) in [6, 6.07) is 2.65. The van der Waals surface area contributed by atoms with Crippen molar-refractivity contribution in [3.05, 3.63) is 21.6 Å². The van der Waals surface area contributed by atoms with E-state index < -0.39 is 15.0 Å². The van der Waals surface area contributed by atoms with Crippen LogP contribution in [0.25, 0.3) is 0 Å². The molecule has 0 aromatic heterocycles. The van der Waals surface area contributed by atoms with Crippen LogP contribution in [0.1, 0.15) is 13.8 Å². The molecule has 1 N–H and O–H groups in total. The number of rotatable bonds is 5. The van der Waals surface area contributed by atoms with Crippen LogP contribution in [-0.2, 0) is 13.8 Å². The molecular formula is C11H12BrCl2NO4S. The number of carbonyl (C=O) groups excluding carboxylic acids is 1. The Balaban J connectivity index is 3.03. The molecule has 0 aliphatic heterocycles. The van der Waals surface area contributed by atoms with E-state index in [9.17, 15) is 13.2 Å². The van der Waals surface area contributed by atoms with Crippen molar-refractivity contribution in [1.29, 1.82) is 0 Å². The normalized spacial score (nSPS) is 11.5. The van der Waals surface area contributed by atoms with Gasteiger partial charge in [0.1, 0.15) is 4.90 Å². The van der Waals surface area contributed by atoms with E-state index in [0.717, 1.165) is 0 Å². The summed E-state index contributed by atoms with van der Waals surface area (Å²) >= 11 is 9.03. The second-order valence-electron chi connectivity index (χ2n) is 4.16. The number of hydrogen-bond donors (Lipinski definition) is 1. The van der Waals surface area contributed by atoms with Gasteiger partial charge >= 0.3 is 0 Å². The van der Waals surface area contributed by atoms with E-state index in [2.05, 4.69) is 21.2 Å². The number of carbonyl (C=O) groups is 1. The molecule has 1 rings (SSSR count). The fourth-order valence-corrected chi connectivity index (χ4v) is 3.43. The molecule has 0 unspecified atom stereocenters. The average molecular weight is 405 g/mol. The van der Waals surface area contributed by atoms with E-state index in [-0.39, 0.29) is 28.3 Å². The minimum atomic E-state index is -4.05. The van der Waals surface area contributed by atoms with Gasteiger partial charge in [0.25, 0.3) is 15.0 Å². The van der Waals surface area contributed by atoms with E-state index in [1.807, 2.05) is 0 Å². The minimum Gasteiger partial charge on any atom is -0.481 e. The zero-order chi connectivity index (χ0) is 15.5. The molecule has 1 aromatic carbocycles. The highest BCUT2D eigenvalue weighted by Crippen LogP contribution is 2.37. The fourth-order valence-electron chi connectivity index (χ4n) is 1.36. The lowest BCUT2D eigenvalue weighted by atomic mass is 10.3. The highest BCUT2D eigenvalue weighted by molar-refractivity contribution is 9.10. The van der Waals surface area contributed by atoms with Crippen molar-refractivity contribution in [3.8, 4) is 5.75 Å². The van der Waals surface area contributed by atoms with Gasteiger partial charge in [0.05, 0.1) is 5.02 Å². The molecule has 0 aliphatic rings. The molecule has 0 atom stereocenters. The minimum absolute atomic E-state index is 0.0379. The Morgan fingerprint density at radius 3 is 2.55 bits per heavy atom. The molecule has 9 heteroatoms. The lowest BCUT2D eigenvalue weighted by Gasteiger charge is -2.13. The Bertz CT molecular complexity index is 619. The van der Waals surface area contributed by atoms with Crippen LogP contribution in [0.3, 0.4) is 0 Å². The molecule has 1 amide bonds. The van der Waals surface area contributed by atoms with Gasteiger partial charge in [0, 0.05) is 21.2 Å². The highest BCUT2D eigenvalue weighted by atomic mass is 79.9. The molecular weight excluding hydrogens is 393 g/mol. The summed E-state index contributed by atoms with van der Waals surface area (Å²) in [5, 5.41) is 2.64. The summed E-state index contributed by atoms with van der Waals surface area (Å²) in [5.74, 6) is -0.541. The number of hydrogen-bond acceptors (Lipinski definition) is 4. The maximum atomic E-state index is 11.5. The quantitative estimate of drug-likeness (QED) is 0.765. The highest BCUT2D eigenvalue weighted by Gasteiger charge is 2.21. The molecule has 0 aliphatic carbocycles. The molecule has 0 fully saturated rings. The van der Waals surface area contributed by atoms with Crippen LogP contribution < -0.4 is 10.1 Å². The van der Waals surface area contributed by atoms with Crippen LogP contribution in [0.4, 0.5) is 0 Å². The predicted octanol–water partition coefficient (Wildman–Crippen LogP) is 2.93. The summed E-state index contributed by atoms with van der Waals surface area (Å²) in [7, 11) is 1.27. The van der Waals surface area contributed by atoms with Gasteiger partial charge in [0.15, 0.2) is 12.4 Å². The fraction of sp³-hybridized carbons (Fsp3) is 0.364. The van der Waals surface area contributed by atoms with Crippen LogP contribution in [0.5, 0.6) is 5.75 Å². The molecule has 20 heavy (non-hydrogen) atoms. The molecule has 1 aromatic rings. The van der Waals surface area contributed by atoms with Gasteiger partial charge in [-0.2, -0.15) is 0 Å². The zero-order valence-electron chi connectivity index (χ0n) is 10.6. The first kappa shape index (κ1) is 17.6. The third-order valence-electron chi connectivity index (χ3n) is 2.03. The smallest absolute Gasteiger partial charge is 0.265 e. The van der Waals surface area contributed by atoms with Crippen LogP contribution in [0.15, 0.2) is 21.5 Å². The van der Waals surface area contributed by atoms with Crippen molar-refractivity contribution in [2.24, 2.45) is 0 Å². The van der Waals surface area contributed by atoms with Gasteiger partial charge in [-0.25, -0.2) is 8.42 Å².